The van der Waals surface area contributed by atoms with Gasteiger partial charge in [-0.3, -0.25) is 4.79 Å². The van der Waals surface area contributed by atoms with Crippen molar-refractivity contribution in [3.8, 4) is 0 Å². The van der Waals surface area contributed by atoms with Gasteiger partial charge in [0.25, 0.3) is 0 Å². The number of carbonyl (C=O) groups is 1. The molecule has 3 heteroatoms. The summed E-state index contributed by atoms with van der Waals surface area (Å²) < 4.78 is 5.28. The smallest absolute Gasteiger partial charge is 0.196 e. The van der Waals surface area contributed by atoms with Gasteiger partial charge in [-0.05, 0) is 18.4 Å². The van der Waals surface area contributed by atoms with Crippen molar-refractivity contribution in [1.29, 1.82) is 0 Å². The Bertz CT molecular complexity index is 291. The fourth-order valence-electron chi connectivity index (χ4n) is 1.17. The van der Waals surface area contributed by atoms with Gasteiger partial charge in [0, 0.05) is 19.7 Å². The van der Waals surface area contributed by atoms with E-state index in [2.05, 4.69) is 13.8 Å². The zero-order chi connectivity index (χ0) is 10.6. The van der Waals surface area contributed by atoms with E-state index in [1.807, 2.05) is 18.0 Å². The first-order valence-corrected chi connectivity index (χ1v) is 4.89. The minimum atomic E-state index is 0.386. The number of rotatable bonds is 5. The second-order valence-electron chi connectivity index (χ2n) is 3.90. The van der Waals surface area contributed by atoms with Gasteiger partial charge in [0.05, 0.1) is 0 Å². The Labute approximate surface area is 84.7 Å². The fourth-order valence-corrected chi connectivity index (χ4v) is 1.17. The third-order valence-corrected chi connectivity index (χ3v) is 2.15. The van der Waals surface area contributed by atoms with E-state index in [0.29, 0.717) is 11.7 Å². The van der Waals surface area contributed by atoms with Crippen molar-refractivity contribution in [1.82, 2.24) is 0 Å². The number of hydrogen-bond donors (Lipinski definition) is 0. The van der Waals surface area contributed by atoms with Crippen molar-refractivity contribution in [2.75, 3.05) is 18.5 Å². The van der Waals surface area contributed by atoms with E-state index in [1.165, 1.54) is 0 Å². The van der Waals surface area contributed by atoms with Crippen molar-refractivity contribution in [2.24, 2.45) is 5.92 Å². The van der Waals surface area contributed by atoms with Crippen molar-refractivity contribution >= 4 is 12.2 Å². The van der Waals surface area contributed by atoms with E-state index >= 15 is 0 Å². The van der Waals surface area contributed by atoms with Gasteiger partial charge in [-0.1, -0.05) is 13.8 Å². The van der Waals surface area contributed by atoms with Crippen LogP contribution in [0.2, 0.25) is 0 Å². The van der Waals surface area contributed by atoms with Gasteiger partial charge in [0.2, 0.25) is 0 Å². The molecule has 1 aromatic rings. The molecular formula is C11H17NO2. The topological polar surface area (TPSA) is 33.5 Å². The van der Waals surface area contributed by atoms with Gasteiger partial charge in [0.15, 0.2) is 17.9 Å². The molecule has 1 rings (SSSR count). The average Bonchev–Trinajstić information content (AvgIpc) is 2.62. The second-order valence-corrected chi connectivity index (χ2v) is 3.90. The summed E-state index contributed by atoms with van der Waals surface area (Å²) in [5.41, 5.74) is 0. The Kier molecular flexibility index (Phi) is 3.74. The first kappa shape index (κ1) is 10.8. The standard InChI is InChI=1S/C11H17NO2/c1-9(2)6-7-12(3)11-5-4-10(8-13)14-11/h4-5,8-9H,6-7H2,1-3H3. The van der Waals surface area contributed by atoms with Crippen LogP contribution in [0, 0.1) is 5.92 Å². The predicted octanol–water partition coefficient (Wildman–Crippen LogP) is 2.57. The lowest BCUT2D eigenvalue weighted by Gasteiger charge is -2.16. The molecule has 0 saturated carbocycles. The van der Waals surface area contributed by atoms with E-state index < -0.39 is 0 Å². The molecule has 0 aliphatic carbocycles. The number of nitrogens with zero attached hydrogens (tertiary/aromatic N) is 1. The lowest BCUT2D eigenvalue weighted by atomic mass is 10.1. The minimum Gasteiger partial charge on any atom is -0.438 e. The number of carbonyl (C=O) groups excluding carboxylic acids is 1. The summed E-state index contributed by atoms with van der Waals surface area (Å²) in [6, 6.07) is 3.51. The molecule has 0 aliphatic rings. The van der Waals surface area contributed by atoms with Crippen LogP contribution < -0.4 is 4.90 Å². The zero-order valence-corrected chi connectivity index (χ0v) is 8.99. The summed E-state index contributed by atoms with van der Waals surface area (Å²) in [7, 11) is 1.97. The maximum absolute atomic E-state index is 10.4. The normalized spacial score (nSPS) is 10.6. The summed E-state index contributed by atoms with van der Waals surface area (Å²) in [6.07, 6.45) is 1.84. The minimum absolute atomic E-state index is 0.386. The van der Waals surface area contributed by atoms with Crippen LogP contribution in [0.3, 0.4) is 0 Å². The molecule has 1 heterocycles. The van der Waals surface area contributed by atoms with Crippen LogP contribution in [0.4, 0.5) is 5.88 Å². The Balaban J connectivity index is 2.51. The monoisotopic (exact) mass is 195 g/mol. The second kappa shape index (κ2) is 4.84. The van der Waals surface area contributed by atoms with E-state index in [1.54, 1.807) is 6.07 Å². The summed E-state index contributed by atoms with van der Waals surface area (Å²) in [5.74, 6) is 1.82. The van der Waals surface area contributed by atoms with Crippen molar-refractivity contribution in [3.05, 3.63) is 17.9 Å². The zero-order valence-electron chi connectivity index (χ0n) is 8.99. The first-order chi connectivity index (χ1) is 6.63. The van der Waals surface area contributed by atoms with E-state index in [0.717, 1.165) is 25.1 Å². The quantitative estimate of drug-likeness (QED) is 0.677. The van der Waals surface area contributed by atoms with Crippen LogP contribution in [-0.4, -0.2) is 19.9 Å². The Hall–Kier alpha value is -1.25. The predicted molar refractivity (Wildman–Crippen MR) is 56.8 cm³/mol. The fraction of sp³-hybridized carbons (Fsp3) is 0.545. The maximum Gasteiger partial charge on any atom is 0.196 e. The molecule has 0 radical (unpaired) electrons. The highest BCUT2D eigenvalue weighted by Crippen LogP contribution is 2.16. The lowest BCUT2D eigenvalue weighted by Crippen LogP contribution is -2.19. The van der Waals surface area contributed by atoms with Crippen LogP contribution in [0.1, 0.15) is 30.8 Å². The third-order valence-electron chi connectivity index (χ3n) is 2.15. The molecule has 0 aliphatic heterocycles. The van der Waals surface area contributed by atoms with E-state index in [-0.39, 0.29) is 0 Å². The Morgan fingerprint density at radius 3 is 2.71 bits per heavy atom. The molecule has 0 fully saturated rings. The van der Waals surface area contributed by atoms with Gasteiger partial charge in [0.1, 0.15) is 0 Å². The SMILES string of the molecule is CC(C)CCN(C)c1ccc(C=O)o1. The van der Waals surface area contributed by atoms with Crippen molar-refractivity contribution < 1.29 is 9.21 Å². The summed E-state index contributed by atoms with van der Waals surface area (Å²) >= 11 is 0. The molecule has 0 N–H and O–H groups in total. The highest BCUT2D eigenvalue weighted by Gasteiger charge is 2.06. The average molecular weight is 195 g/mol. The number of furan rings is 1. The molecule has 0 spiro atoms. The number of anilines is 1. The molecule has 78 valence electrons. The van der Waals surface area contributed by atoms with Gasteiger partial charge in [-0.25, -0.2) is 0 Å². The molecule has 1 aromatic heterocycles. The molecule has 14 heavy (non-hydrogen) atoms. The van der Waals surface area contributed by atoms with Gasteiger partial charge < -0.3 is 9.32 Å². The summed E-state index contributed by atoms with van der Waals surface area (Å²) in [4.78, 5) is 12.4. The van der Waals surface area contributed by atoms with Crippen LogP contribution in [-0.2, 0) is 0 Å². The molecule has 0 amide bonds. The van der Waals surface area contributed by atoms with Crippen LogP contribution in [0.25, 0.3) is 0 Å². The Morgan fingerprint density at radius 2 is 2.21 bits per heavy atom. The lowest BCUT2D eigenvalue weighted by molar-refractivity contribution is 0.110. The highest BCUT2D eigenvalue weighted by molar-refractivity contribution is 5.71. The van der Waals surface area contributed by atoms with Gasteiger partial charge in [-0.2, -0.15) is 0 Å². The molecule has 0 atom stereocenters. The first-order valence-electron chi connectivity index (χ1n) is 4.89. The number of aldehydes is 1. The van der Waals surface area contributed by atoms with E-state index in [9.17, 15) is 4.79 Å². The molecule has 0 unspecified atom stereocenters. The largest absolute Gasteiger partial charge is 0.438 e. The number of hydrogen-bond acceptors (Lipinski definition) is 3. The Morgan fingerprint density at radius 1 is 1.50 bits per heavy atom. The van der Waals surface area contributed by atoms with Gasteiger partial charge >= 0.3 is 0 Å². The summed E-state index contributed by atoms with van der Waals surface area (Å²) in [5, 5.41) is 0. The molecule has 0 saturated heterocycles. The molecule has 3 nitrogen and oxygen atoms in total. The highest BCUT2D eigenvalue weighted by atomic mass is 16.4. The van der Waals surface area contributed by atoms with Crippen molar-refractivity contribution in [3.63, 3.8) is 0 Å². The van der Waals surface area contributed by atoms with E-state index in [4.69, 9.17) is 4.42 Å². The molecule has 0 aromatic carbocycles. The summed E-state index contributed by atoms with van der Waals surface area (Å²) in [6.45, 7) is 5.32. The van der Waals surface area contributed by atoms with Crippen LogP contribution in [0.5, 0.6) is 0 Å². The van der Waals surface area contributed by atoms with Gasteiger partial charge in [-0.15, -0.1) is 0 Å². The maximum atomic E-state index is 10.4. The van der Waals surface area contributed by atoms with Crippen LogP contribution >= 0.6 is 0 Å². The van der Waals surface area contributed by atoms with Crippen LogP contribution in [0.15, 0.2) is 16.5 Å². The third kappa shape index (κ3) is 2.91. The van der Waals surface area contributed by atoms with Crippen molar-refractivity contribution in [2.45, 2.75) is 20.3 Å². The molecular weight excluding hydrogens is 178 g/mol. The molecule has 0 bridgehead atoms.